The van der Waals surface area contributed by atoms with Gasteiger partial charge >= 0.3 is 6.09 Å². The Bertz CT molecular complexity index is 1770. The molecule has 2 atom stereocenters. The minimum Gasteiger partial charge on any atom is -0.494 e. The first-order valence-electron chi connectivity index (χ1n) is 14.8. The zero-order valence-corrected chi connectivity index (χ0v) is 26.2. The molecule has 2 aliphatic heterocycles. The Kier molecular flexibility index (Phi) is 8.07. The average Bonchev–Trinajstić information content (AvgIpc) is 3.68. The fourth-order valence-electron chi connectivity index (χ4n) is 6.34. The average molecular weight is 611 g/mol. The predicted octanol–water partition coefficient (Wildman–Crippen LogP) is 4.57. The molecular weight excluding hydrogens is 572 g/mol. The molecule has 0 radical (unpaired) electrons. The van der Waals surface area contributed by atoms with Crippen molar-refractivity contribution in [1.82, 2.24) is 24.3 Å². The van der Waals surface area contributed by atoms with Crippen LogP contribution >= 0.6 is 0 Å². The number of hydrogen-bond acceptors (Lipinski definition) is 9. The van der Waals surface area contributed by atoms with Crippen LogP contribution in [0.4, 0.5) is 27.8 Å². The van der Waals surface area contributed by atoms with E-state index in [2.05, 4.69) is 39.0 Å². The molecule has 2 fully saturated rings. The molecule has 0 aliphatic carbocycles. The van der Waals surface area contributed by atoms with E-state index in [0.29, 0.717) is 34.7 Å². The first kappa shape index (κ1) is 29.9. The third kappa shape index (κ3) is 5.88. The summed E-state index contributed by atoms with van der Waals surface area (Å²) in [5.41, 5.74) is 4.30. The van der Waals surface area contributed by atoms with Crippen LogP contribution in [0.15, 0.2) is 61.4 Å². The molecule has 2 aromatic heterocycles. The van der Waals surface area contributed by atoms with Crippen molar-refractivity contribution in [3.05, 3.63) is 61.4 Å². The molecule has 2 saturated heterocycles. The number of rotatable bonds is 8. The number of nitrogens with zero attached hydrogens (tertiary/aromatic N) is 6. The molecule has 12 heteroatoms. The molecule has 12 nitrogen and oxygen atoms in total. The second kappa shape index (κ2) is 12.1. The summed E-state index contributed by atoms with van der Waals surface area (Å²) >= 11 is 0. The lowest BCUT2D eigenvalue weighted by molar-refractivity contribution is -0.111. The third-order valence-corrected chi connectivity index (χ3v) is 8.49. The van der Waals surface area contributed by atoms with Crippen molar-refractivity contribution in [2.24, 2.45) is 18.9 Å². The number of para-hydroxylation sites is 1. The van der Waals surface area contributed by atoms with E-state index in [9.17, 15) is 9.59 Å². The number of benzene rings is 2. The van der Waals surface area contributed by atoms with Gasteiger partial charge in [0, 0.05) is 76.1 Å². The summed E-state index contributed by atoms with van der Waals surface area (Å²) in [7, 11) is 8.94. The van der Waals surface area contributed by atoms with Crippen molar-refractivity contribution in [2.45, 2.75) is 0 Å². The number of nitrogens with one attached hydrogen (secondary N) is 2. The van der Waals surface area contributed by atoms with E-state index in [0.717, 1.165) is 48.3 Å². The highest BCUT2D eigenvalue weighted by molar-refractivity contribution is 6.02. The van der Waals surface area contributed by atoms with Crippen LogP contribution in [0.2, 0.25) is 0 Å². The molecule has 2 amide bonds. The Morgan fingerprint density at radius 1 is 1.04 bits per heavy atom. The number of methoxy groups -OCH3 is 1. The van der Waals surface area contributed by atoms with Crippen LogP contribution in [-0.2, 0) is 11.8 Å². The number of amides is 2. The summed E-state index contributed by atoms with van der Waals surface area (Å²) in [6.45, 7) is 7.54. The second-order valence-corrected chi connectivity index (χ2v) is 11.9. The quantitative estimate of drug-likeness (QED) is 0.277. The molecule has 234 valence electrons. The first-order valence-corrected chi connectivity index (χ1v) is 14.8. The Morgan fingerprint density at radius 3 is 2.47 bits per heavy atom. The summed E-state index contributed by atoms with van der Waals surface area (Å²) in [5, 5.41) is 7.21. The van der Waals surface area contributed by atoms with Gasteiger partial charge in [0.05, 0.1) is 30.4 Å². The summed E-state index contributed by atoms with van der Waals surface area (Å²) in [6, 6.07) is 11.7. The molecule has 0 unspecified atom stereocenters. The molecule has 2 N–H and O–H groups in total. The number of likely N-dealkylation sites (tertiary alicyclic amines) is 1. The number of aromatic nitrogens is 3. The Hall–Kier alpha value is -5.10. The molecule has 45 heavy (non-hydrogen) atoms. The third-order valence-electron chi connectivity index (χ3n) is 8.49. The Labute approximate surface area is 262 Å². The maximum Gasteiger partial charge on any atom is 0.414 e. The molecule has 0 bridgehead atoms. The fraction of sp³-hybridized carbons (Fsp3) is 0.333. The minimum atomic E-state index is -0.543. The molecule has 4 aromatic rings. The highest BCUT2D eigenvalue weighted by Gasteiger charge is 2.39. The SMILES string of the molecule is C=CC(=O)Nc1cc(Nc2ncc(OC(=O)N(C)C)c(-c3cn(C)c4ccccc34)n2)c(OC)cc1N1C[C@H]2CN(C)C[C@H]2C1. The van der Waals surface area contributed by atoms with Gasteiger partial charge in [-0.15, -0.1) is 0 Å². The van der Waals surface area contributed by atoms with Crippen molar-refractivity contribution >= 4 is 45.9 Å². The normalized spacial score (nSPS) is 17.7. The first-order chi connectivity index (χ1) is 21.6. The number of hydrogen-bond donors (Lipinski definition) is 2. The number of aryl methyl sites for hydroxylation is 1. The lowest BCUT2D eigenvalue weighted by Crippen LogP contribution is -2.27. The molecule has 6 rings (SSSR count). The van der Waals surface area contributed by atoms with E-state index in [1.807, 2.05) is 54.2 Å². The van der Waals surface area contributed by atoms with Crippen molar-refractivity contribution in [3.8, 4) is 22.8 Å². The smallest absolute Gasteiger partial charge is 0.414 e. The van der Waals surface area contributed by atoms with Gasteiger partial charge in [0.1, 0.15) is 11.4 Å². The van der Waals surface area contributed by atoms with Gasteiger partial charge in [-0.05, 0) is 37.1 Å². The van der Waals surface area contributed by atoms with Crippen LogP contribution in [0.1, 0.15) is 0 Å². The summed E-state index contributed by atoms with van der Waals surface area (Å²) in [6.07, 6.45) is 4.14. The fourth-order valence-corrected chi connectivity index (χ4v) is 6.34. The van der Waals surface area contributed by atoms with Crippen LogP contribution in [-0.4, -0.2) is 90.8 Å². The van der Waals surface area contributed by atoms with E-state index in [1.54, 1.807) is 21.2 Å². The van der Waals surface area contributed by atoms with Crippen molar-refractivity contribution in [1.29, 1.82) is 0 Å². The van der Waals surface area contributed by atoms with Crippen LogP contribution in [0, 0.1) is 11.8 Å². The number of carbonyl (C=O) groups is 2. The van der Waals surface area contributed by atoms with Gasteiger partial charge in [-0.2, -0.15) is 0 Å². The highest BCUT2D eigenvalue weighted by Crippen LogP contribution is 2.43. The van der Waals surface area contributed by atoms with E-state index < -0.39 is 6.09 Å². The molecule has 2 aliphatic rings. The minimum absolute atomic E-state index is 0.224. The van der Waals surface area contributed by atoms with E-state index >= 15 is 0 Å². The maximum absolute atomic E-state index is 12.6. The predicted molar refractivity (Wildman–Crippen MR) is 175 cm³/mol. The second-order valence-electron chi connectivity index (χ2n) is 11.9. The Morgan fingerprint density at radius 2 is 1.78 bits per heavy atom. The van der Waals surface area contributed by atoms with Crippen LogP contribution in [0.5, 0.6) is 11.5 Å². The summed E-state index contributed by atoms with van der Waals surface area (Å²) in [5.74, 6) is 1.88. The standard InChI is InChI=1S/C33H38N8O4/c1-7-30(42)35-24-12-25(28(44-6)13-27(24)41-17-20-15-39(4)16-21(20)18-41)36-32-34-14-29(45-33(43)38(2)3)31(37-32)23-19-40(5)26-11-9-8-10-22(23)26/h7-14,19-21H,1,15-18H2,2-6H3,(H,35,42)(H,34,36,37)/t20-,21+. The van der Waals surface area contributed by atoms with Gasteiger partial charge in [0.15, 0.2) is 5.75 Å². The number of fused-ring (bicyclic) bond motifs is 2. The number of ether oxygens (including phenoxy) is 2. The monoisotopic (exact) mass is 610 g/mol. The van der Waals surface area contributed by atoms with E-state index in [1.165, 1.54) is 17.2 Å². The van der Waals surface area contributed by atoms with Gasteiger partial charge < -0.3 is 39.4 Å². The van der Waals surface area contributed by atoms with E-state index in [-0.39, 0.29) is 17.6 Å². The summed E-state index contributed by atoms with van der Waals surface area (Å²) in [4.78, 5) is 40.4. The van der Waals surface area contributed by atoms with Crippen LogP contribution in [0.3, 0.4) is 0 Å². The molecule has 4 heterocycles. The van der Waals surface area contributed by atoms with E-state index in [4.69, 9.17) is 14.5 Å². The Balaban J connectivity index is 1.40. The van der Waals surface area contributed by atoms with Crippen molar-refractivity contribution in [2.75, 3.05) is 70.0 Å². The van der Waals surface area contributed by atoms with Crippen molar-refractivity contribution < 1.29 is 19.1 Å². The van der Waals surface area contributed by atoms with Crippen molar-refractivity contribution in [3.63, 3.8) is 0 Å². The van der Waals surface area contributed by atoms with Gasteiger partial charge in [-0.25, -0.2) is 14.8 Å². The van der Waals surface area contributed by atoms with Crippen LogP contribution in [0.25, 0.3) is 22.2 Å². The molecular formula is C33H38N8O4. The highest BCUT2D eigenvalue weighted by atomic mass is 16.6. The lowest BCUT2D eigenvalue weighted by Gasteiger charge is -2.26. The molecule has 2 aromatic carbocycles. The molecule has 0 spiro atoms. The van der Waals surface area contributed by atoms with Crippen LogP contribution < -0.4 is 25.0 Å². The van der Waals surface area contributed by atoms with Gasteiger partial charge in [-0.3, -0.25) is 4.79 Å². The maximum atomic E-state index is 12.6. The summed E-state index contributed by atoms with van der Waals surface area (Å²) < 4.78 is 13.5. The van der Waals surface area contributed by atoms with Gasteiger partial charge in [0.2, 0.25) is 11.9 Å². The number of carbonyl (C=O) groups excluding carboxylic acids is 2. The number of anilines is 4. The lowest BCUT2D eigenvalue weighted by atomic mass is 10.0. The largest absolute Gasteiger partial charge is 0.494 e. The molecule has 0 saturated carbocycles. The van der Waals surface area contributed by atoms with Gasteiger partial charge in [0.25, 0.3) is 0 Å². The van der Waals surface area contributed by atoms with Gasteiger partial charge in [-0.1, -0.05) is 24.8 Å². The zero-order chi connectivity index (χ0) is 31.8. The topological polar surface area (TPSA) is 117 Å². The zero-order valence-electron chi connectivity index (χ0n) is 26.2.